The highest BCUT2D eigenvalue weighted by Gasteiger charge is 2.25. The van der Waals surface area contributed by atoms with Crippen LogP contribution in [0.5, 0.6) is 0 Å². The summed E-state index contributed by atoms with van der Waals surface area (Å²) in [5, 5.41) is 3.65. The Balaban J connectivity index is 1.70. The lowest BCUT2D eigenvalue weighted by molar-refractivity contribution is 0.0209. The van der Waals surface area contributed by atoms with Crippen molar-refractivity contribution in [2.75, 3.05) is 6.61 Å². The van der Waals surface area contributed by atoms with Crippen LogP contribution in [0.3, 0.4) is 0 Å². The number of fused-ring (bicyclic) bond motifs is 1. The molecule has 1 fully saturated rings. The Kier molecular flexibility index (Phi) is 6.05. The number of pyridine rings is 1. The summed E-state index contributed by atoms with van der Waals surface area (Å²) in [6, 6.07) is 0.146. The van der Waals surface area contributed by atoms with Crippen molar-refractivity contribution in [2.24, 2.45) is 14.1 Å². The van der Waals surface area contributed by atoms with Gasteiger partial charge in [-0.25, -0.2) is 0 Å². The topological polar surface area (TPSA) is 65.3 Å². The number of aryl methyl sites for hydroxylation is 3. The maximum Gasteiger partial charge on any atom is 0.260 e. The maximum atomic E-state index is 12.9. The molecule has 0 aromatic carbocycles. The van der Waals surface area contributed by atoms with Crippen LogP contribution >= 0.6 is 0 Å². The highest BCUT2D eigenvalue weighted by molar-refractivity contribution is 6.07. The molecule has 0 aliphatic heterocycles. The molecule has 2 aromatic heterocycles. The molecule has 0 saturated heterocycles. The quantitative estimate of drug-likeness (QED) is 0.792. The summed E-state index contributed by atoms with van der Waals surface area (Å²) in [5.74, 6) is -0.154. The molecule has 27 heavy (non-hydrogen) atoms. The van der Waals surface area contributed by atoms with Crippen LogP contribution in [-0.2, 0) is 18.8 Å². The van der Waals surface area contributed by atoms with Gasteiger partial charge in [-0.3, -0.25) is 9.59 Å². The minimum absolute atomic E-state index is 0.130. The summed E-state index contributed by atoms with van der Waals surface area (Å²) in [7, 11) is 3.60. The summed E-state index contributed by atoms with van der Waals surface area (Å²) >= 11 is 0. The summed E-state index contributed by atoms with van der Waals surface area (Å²) in [6.45, 7) is 4.96. The van der Waals surface area contributed by atoms with Crippen LogP contribution in [0.2, 0.25) is 0 Å². The first-order chi connectivity index (χ1) is 12.9. The highest BCUT2D eigenvalue weighted by atomic mass is 16.5. The van der Waals surface area contributed by atoms with E-state index in [9.17, 15) is 9.59 Å². The Labute approximate surface area is 160 Å². The first kappa shape index (κ1) is 19.7. The third-order valence-electron chi connectivity index (χ3n) is 5.58. The minimum Gasteiger partial charge on any atom is -0.378 e. The van der Waals surface area contributed by atoms with Gasteiger partial charge < -0.3 is 19.2 Å². The van der Waals surface area contributed by atoms with Crippen molar-refractivity contribution in [1.82, 2.24) is 14.5 Å². The van der Waals surface area contributed by atoms with Crippen molar-refractivity contribution < 1.29 is 9.53 Å². The minimum atomic E-state index is -0.154. The van der Waals surface area contributed by atoms with Gasteiger partial charge >= 0.3 is 0 Å². The van der Waals surface area contributed by atoms with E-state index in [0.29, 0.717) is 17.1 Å². The standard InChI is InChI=1S/C21H31N3O3/c1-5-6-11-27-16-9-7-15(8-10-16)22-20(25)17-13-23(3)19-14(2)12-24(4)21(26)18(17)19/h12-13,15-16H,5-11H2,1-4H3,(H,22,25)/t15-,16-. The van der Waals surface area contributed by atoms with Crippen LogP contribution < -0.4 is 10.9 Å². The largest absolute Gasteiger partial charge is 0.378 e. The number of carbonyl (C=O) groups is 1. The van der Waals surface area contributed by atoms with E-state index < -0.39 is 0 Å². The number of nitrogens with one attached hydrogen (secondary N) is 1. The van der Waals surface area contributed by atoms with Crippen molar-refractivity contribution >= 4 is 16.8 Å². The summed E-state index contributed by atoms with van der Waals surface area (Å²) in [5.41, 5.74) is 2.15. The van der Waals surface area contributed by atoms with Crippen LogP contribution in [0.1, 0.15) is 61.4 Å². The molecule has 0 radical (unpaired) electrons. The number of hydrogen-bond donors (Lipinski definition) is 1. The predicted octanol–water partition coefficient (Wildman–Crippen LogP) is 3.04. The molecule has 148 valence electrons. The zero-order valence-corrected chi connectivity index (χ0v) is 16.9. The predicted molar refractivity (Wildman–Crippen MR) is 107 cm³/mol. The average molecular weight is 373 g/mol. The second kappa shape index (κ2) is 8.30. The lowest BCUT2D eigenvalue weighted by Gasteiger charge is -2.29. The van der Waals surface area contributed by atoms with E-state index in [-0.39, 0.29) is 17.5 Å². The molecule has 0 atom stereocenters. The first-order valence-electron chi connectivity index (χ1n) is 10.00. The average Bonchev–Trinajstić information content (AvgIpc) is 2.99. The molecule has 0 bridgehead atoms. The molecule has 3 rings (SSSR count). The van der Waals surface area contributed by atoms with E-state index in [1.165, 1.54) is 0 Å². The maximum absolute atomic E-state index is 12.9. The molecule has 2 heterocycles. The first-order valence-corrected chi connectivity index (χ1v) is 10.00. The van der Waals surface area contributed by atoms with Crippen molar-refractivity contribution in [3.8, 4) is 0 Å². The summed E-state index contributed by atoms with van der Waals surface area (Å²) in [6.07, 6.45) is 9.95. The van der Waals surface area contributed by atoms with E-state index in [0.717, 1.165) is 56.2 Å². The summed E-state index contributed by atoms with van der Waals surface area (Å²) in [4.78, 5) is 25.5. The number of ether oxygens (including phenoxy) is 1. The Morgan fingerprint density at radius 1 is 1.19 bits per heavy atom. The zero-order chi connectivity index (χ0) is 19.6. The molecule has 1 saturated carbocycles. The summed E-state index contributed by atoms with van der Waals surface area (Å²) < 4.78 is 9.33. The lowest BCUT2D eigenvalue weighted by atomic mass is 9.92. The number of rotatable bonds is 6. The molecule has 1 N–H and O–H groups in total. The Morgan fingerprint density at radius 3 is 2.56 bits per heavy atom. The number of amides is 1. The SMILES string of the molecule is CCCCO[C@H]1CC[C@H](NC(=O)c2cn(C)c3c(C)cn(C)c(=O)c23)CC1. The molecule has 1 aliphatic rings. The van der Waals surface area contributed by atoms with Crippen LogP contribution in [0.15, 0.2) is 17.2 Å². The van der Waals surface area contributed by atoms with E-state index in [1.54, 1.807) is 17.8 Å². The van der Waals surface area contributed by atoms with Crippen LogP contribution in [0, 0.1) is 6.92 Å². The normalized spacial score (nSPS) is 20.1. The third-order valence-corrected chi connectivity index (χ3v) is 5.58. The molecule has 0 unspecified atom stereocenters. The zero-order valence-electron chi connectivity index (χ0n) is 16.9. The molecule has 6 heteroatoms. The van der Waals surface area contributed by atoms with E-state index in [2.05, 4.69) is 12.2 Å². The van der Waals surface area contributed by atoms with Gasteiger partial charge in [-0.1, -0.05) is 13.3 Å². The molecule has 1 amide bonds. The highest BCUT2D eigenvalue weighted by Crippen LogP contribution is 2.24. The number of carbonyl (C=O) groups excluding carboxylic acids is 1. The molecule has 0 spiro atoms. The Hall–Kier alpha value is -2.08. The molecular weight excluding hydrogens is 342 g/mol. The number of unbranched alkanes of at least 4 members (excludes halogenated alkanes) is 1. The number of aromatic nitrogens is 2. The van der Waals surface area contributed by atoms with Crippen molar-refractivity contribution in [2.45, 2.75) is 64.5 Å². The van der Waals surface area contributed by atoms with Crippen molar-refractivity contribution in [1.29, 1.82) is 0 Å². The van der Waals surface area contributed by atoms with Crippen molar-refractivity contribution in [3.63, 3.8) is 0 Å². The Bertz CT molecular complexity index is 873. The number of hydrogen-bond acceptors (Lipinski definition) is 3. The van der Waals surface area contributed by atoms with Gasteiger partial charge in [-0.15, -0.1) is 0 Å². The van der Waals surface area contributed by atoms with Gasteiger partial charge in [-0.05, 0) is 44.6 Å². The lowest BCUT2D eigenvalue weighted by Crippen LogP contribution is -2.39. The Morgan fingerprint density at radius 2 is 1.89 bits per heavy atom. The fourth-order valence-electron chi connectivity index (χ4n) is 4.11. The van der Waals surface area contributed by atoms with Gasteiger partial charge in [0.2, 0.25) is 0 Å². The smallest absolute Gasteiger partial charge is 0.260 e. The van der Waals surface area contributed by atoms with Gasteiger partial charge in [0.1, 0.15) is 0 Å². The second-order valence-electron chi connectivity index (χ2n) is 7.78. The second-order valence-corrected chi connectivity index (χ2v) is 7.78. The van der Waals surface area contributed by atoms with Crippen LogP contribution in [0.25, 0.3) is 10.9 Å². The van der Waals surface area contributed by atoms with Gasteiger partial charge in [0.05, 0.1) is 22.6 Å². The van der Waals surface area contributed by atoms with E-state index >= 15 is 0 Å². The van der Waals surface area contributed by atoms with E-state index in [4.69, 9.17) is 4.74 Å². The number of nitrogens with zero attached hydrogens (tertiary/aromatic N) is 2. The van der Waals surface area contributed by atoms with Gasteiger partial charge in [0, 0.05) is 39.1 Å². The van der Waals surface area contributed by atoms with Gasteiger partial charge in [0.25, 0.3) is 11.5 Å². The van der Waals surface area contributed by atoms with Gasteiger partial charge in [-0.2, -0.15) is 0 Å². The molecular formula is C21H31N3O3. The molecule has 2 aromatic rings. The van der Waals surface area contributed by atoms with Crippen LogP contribution in [-0.4, -0.2) is 33.8 Å². The molecule has 6 nitrogen and oxygen atoms in total. The molecule has 1 aliphatic carbocycles. The van der Waals surface area contributed by atoms with E-state index in [1.807, 2.05) is 24.7 Å². The van der Waals surface area contributed by atoms with Crippen LogP contribution in [0.4, 0.5) is 0 Å². The van der Waals surface area contributed by atoms with Crippen molar-refractivity contribution in [3.05, 3.63) is 33.9 Å². The monoisotopic (exact) mass is 373 g/mol. The fraction of sp³-hybridized carbons (Fsp3) is 0.619. The fourth-order valence-corrected chi connectivity index (χ4v) is 4.11. The van der Waals surface area contributed by atoms with Gasteiger partial charge in [0.15, 0.2) is 0 Å². The third kappa shape index (κ3) is 4.10.